The van der Waals surface area contributed by atoms with Crippen LogP contribution in [-0.2, 0) is 21.3 Å². The highest BCUT2D eigenvalue weighted by Crippen LogP contribution is 2.19. The van der Waals surface area contributed by atoms with Gasteiger partial charge in [-0.1, -0.05) is 6.92 Å². The molecule has 0 amide bonds. The van der Waals surface area contributed by atoms with E-state index in [1.54, 1.807) is 6.92 Å². The maximum Gasteiger partial charge on any atom is 0.319 e. The summed E-state index contributed by atoms with van der Waals surface area (Å²) in [4.78, 5) is 16.2. The number of aryl methyl sites for hydroxylation is 2. The molecule has 0 saturated carbocycles. The zero-order chi connectivity index (χ0) is 12.3. The molecule has 90 valence electrons. The number of carbonyl (C=O) groups is 1. The van der Waals surface area contributed by atoms with Crippen LogP contribution in [0.3, 0.4) is 0 Å². The summed E-state index contributed by atoms with van der Waals surface area (Å²) in [5, 5.41) is 8.84. The number of carboxylic acid groups (broad SMARTS) is 1. The first-order valence-electron chi connectivity index (χ1n) is 4.98. The third-order valence-electron chi connectivity index (χ3n) is 2.30. The third-order valence-corrected chi connectivity index (χ3v) is 5.29. The molecule has 0 saturated heterocycles. The van der Waals surface area contributed by atoms with Gasteiger partial charge in [-0.25, -0.2) is 4.98 Å². The fourth-order valence-electron chi connectivity index (χ4n) is 1.30. The van der Waals surface area contributed by atoms with Crippen LogP contribution in [0.1, 0.15) is 28.9 Å². The van der Waals surface area contributed by atoms with Gasteiger partial charge in [0.2, 0.25) is 0 Å². The van der Waals surface area contributed by atoms with E-state index in [-0.39, 0.29) is 5.75 Å². The number of aliphatic carboxylic acids is 1. The van der Waals surface area contributed by atoms with Crippen LogP contribution in [0, 0.1) is 13.8 Å². The molecule has 16 heavy (non-hydrogen) atoms. The van der Waals surface area contributed by atoms with Crippen molar-refractivity contribution in [2.45, 2.75) is 38.2 Å². The molecule has 0 aliphatic rings. The largest absolute Gasteiger partial charge is 0.480 e. The highest BCUT2D eigenvalue weighted by Gasteiger charge is 2.23. The molecular weight excluding hydrogens is 246 g/mol. The Kier molecular flexibility index (Phi) is 4.61. The summed E-state index contributed by atoms with van der Waals surface area (Å²) < 4.78 is 11.8. The number of aromatic nitrogens is 1. The molecular formula is C10H15NO3S2. The summed E-state index contributed by atoms with van der Waals surface area (Å²) in [6.07, 6.45) is 0.380. The van der Waals surface area contributed by atoms with Gasteiger partial charge in [-0.2, -0.15) is 0 Å². The number of carboxylic acids is 1. The molecule has 1 N–H and O–H groups in total. The molecule has 2 atom stereocenters. The average Bonchev–Trinajstić information content (AvgIpc) is 2.45. The summed E-state index contributed by atoms with van der Waals surface area (Å²) in [5.74, 6) is -0.754. The van der Waals surface area contributed by atoms with E-state index < -0.39 is 22.0 Å². The van der Waals surface area contributed by atoms with Crippen molar-refractivity contribution in [2.24, 2.45) is 0 Å². The number of thiazole rings is 1. The van der Waals surface area contributed by atoms with Gasteiger partial charge in [0.15, 0.2) is 0 Å². The Hall–Kier alpha value is -0.750. The van der Waals surface area contributed by atoms with Crippen molar-refractivity contribution < 1.29 is 14.1 Å². The van der Waals surface area contributed by atoms with Crippen molar-refractivity contribution in [3.05, 3.63) is 15.6 Å². The summed E-state index contributed by atoms with van der Waals surface area (Å²) in [5.41, 5.74) is 0.931. The predicted octanol–water partition coefficient (Wildman–Crippen LogP) is 1.87. The highest BCUT2D eigenvalue weighted by molar-refractivity contribution is 7.85. The van der Waals surface area contributed by atoms with Gasteiger partial charge in [-0.05, 0) is 20.3 Å². The summed E-state index contributed by atoms with van der Waals surface area (Å²) in [7, 11) is -1.39. The predicted molar refractivity (Wildman–Crippen MR) is 65.1 cm³/mol. The van der Waals surface area contributed by atoms with E-state index in [9.17, 15) is 9.00 Å². The summed E-state index contributed by atoms with van der Waals surface area (Å²) in [6.45, 7) is 5.58. The molecule has 1 heterocycles. The Morgan fingerprint density at radius 2 is 2.19 bits per heavy atom. The number of rotatable bonds is 5. The van der Waals surface area contributed by atoms with Crippen molar-refractivity contribution in [1.29, 1.82) is 0 Å². The maximum atomic E-state index is 11.8. The van der Waals surface area contributed by atoms with Gasteiger partial charge >= 0.3 is 5.97 Å². The van der Waals surface area contributed by atoms with Gasteiger partial charge in [0.05, 0.1) is 11.4 Å². The van der Waals surface area contributed by atoms with Gasteiger partial charge in [0, 0.05) is 15.7 Å². The fourth-order valence-corrected chi connectivity index (χ4v) is 3.72. The first-order valence-corrected chi connectivity index (χ1v) is 7.18. The van der Waals surface area contributed by atoms with E-state index in [2.05, 4.69) is 4.98 Å². The molecule has 2 unspecified atom stereocenters. The molecule has 4 nitrogen and oxygen atoms in total. The standard InChI is InChI=1S/C10H15NO3S2/c1-4-8(10(12)13)16(14)5-9-11-6(2)7(3)15-9/h8H,4-5H2,1-3H3,(H,12,13). The normalized spacial score (nSPS) is 14.7. The van der Waals surface area contributed by atoms with E-state index in [0.717, 1.165) is 15.6 Å². The Bertz CT molecular complexity index is 395. The van der Waals surface area contributed by atoms with Crippen LogP contribution in [0.25, 0.3) is 0 Å². The molecule has 1 aromatic rings. The minimum atomic E-state index is -1.39. The van der Waals surface area contributed by atoms with Crippen molar-refractivity contribution in [3.8, 4) is 0 Å². The highest BCUT2D eigenvalue weighted by atomic mass is 32.2. The van der Waals surface area contributed by atoms with Crippen LogP contribution in [-0.4, -0.2) is 25.5 Å². The number of hydrogen-bond acceptors (Lipinski definition) is 4. The topological polar surface area (TPSA) is 67.3 Å². The molecule has 0 fully saturated rings. The molecule has 0 spiro atoms. The van der Waals surface area contributed by atoms with Crippen molar-refractivity contribution >= 4 is 28.1 Å². The zero-order valence-electron chi connectivity index (χ0n) is 9.52. The lowest BCUT2D eigenvalue weighted by atomic mass is 10.3. The molecule has 0 aliphatic carbocycles. The van der Waals surface area contributed by atoms with E-state index in [0.29, 0.717) is 6.42 Å². The van der Waals surface area contributed by atoms with Gasteiger partial charge in [-0.15, -0.1) is 11.3 Å². The molecule has 6 heteroatoms. The summed E-state index contributed by atoms with van der Waals surface area (Å²) >= 11 is 1.49. The number of nitrogens with zero attached hydrogens (tertiary/aromatic N) is 1. The van der Waals surface area contributed by atoms with E-state index in [1.807, 2.05) is 13.8 Å². The van der Waals surface area contributed by atoms with Crippen LogP contribution in [0.15, 0.2) is 0 Å². The van der Waals surface area contributed by atoms with Crippen LogP contribution in [0.4, 0.5) is 0 Å². The molecule has 0 aromatic carbocycles. The molecule has 0 bridgehead atoms. The first-order chi connectivity index (χ1) is 7.45. The van der Waals surface area contributed by atoms with Gasteiger partial charge in [0.25, 0.3) is 0 Å². The van der Waals surface area contributed by atoms with Crippen molar-refractivity contribution in [1.82, 2.24) is 4.98 Å². The van der Waals surface area contributed by atoms with Gasteiger partial charge in [-0.3, -0.25) is 9.00 Å². The Morgan fingerprint density at radius 1 is 1.56 bits per heavy atom. The monoisotopic (exact) mass is 261 g/mol. The van der Waals surface area contributed by atoms with Crippen LogP contribution < -0.4 is 0 Å². The van der Waals surface area contributed by atoms with Gasteiger partial charge < -0.3 is 5.11 Å². The lowest BCUT2D eigenvalue weighted by Crippen LogP contribution is -2.25. The smallest absolute Gasteiger partial charge is 0.319 e. The minimum absolute atomic E-state index is 0.240. The third kappa shape index (κ3) is 3.12. The molecule has 0 radical (unpaired) electrons. The van der Waals surface area contributed by atoms with Crippen LogP contribution in [0.2, 0.25) is 0 Å². The minimum Gasteiger partial charge on any atom is -0.480 e. The zero-order valence-corrected chi connectivity index (χ0v) is 11.2. The van der Waals surface area contributed by atoms with Crippen molar-refractivity contribution in [3.63, 3.8) is 0 Å². The SMILES string of the molecule is CCC(C(=O)O)S(=O)Cc1nc(C)c(C)s1. The molecule has 0 aliphatic heterocycles. The Balaban J connectivity index is 2.74. The van der Waals surface area contributed by atoms with Crippen molar-refractivity contribution in [2.75, 3.05) is 0 Å². The Labute approximate surface area is 101 Å². The van der Waals surface area contributed by atoms with Crippen LogP contribution in [0.5, 0.6) is 0 Å². The molecule has 1 rings (SSSR count). The average molecular weight is 261 g/mol. The van der Waals surface area contributed by atoms with E-state index >= 15 is 0 Å². The Morgan fingerprint density at radius 3 is 2.56 bits per heavy atom. The second-order valence-corrected chi connectivity index (χ2v) is 6.42. The van der Waals surface area contributed by atoms with E-state index in [4.69, 9.17) is 5.11 Å². The summed E-state index contributed by atoms with van der Waals surface area (Å²) in [6, 6.07) is 0. The van der Waals surface area contributed by atoms with Crippen LogP contribution >= 0.6 is 11.3 Å². The lowest BCUT2D eigenvalue weighted by molar-refractivity contribution is -0.136. The lowest BCUT2D eigenvalue weighted by Gasteiger charge is -2.07. The van der Waals surface area contributed by atoms with E-state index in [1.165, 1.54) is 11.3 Å². The second-order valence-electron chi connectivity index (χ2n) is 3.51. The van der Waals surface area contributed by atoms with Gasteiger partial charge in [0.1, 0.15) is 10.3 Å². The number of hydrogen-bond donors (Lipinski definition) is 1. The molecule has 1 aromatic heterocycles. The maximum absolute atomic E-state index is 11.8. The fraction of sp³-hybridized carbons (Fsp3) is 0.600. The first kappa shape index (κ1) is 13.3. The quantitative estimate of drug-likeness (QED) is 0.878. The second kappa shape index (κ2) is 5.54.